The molecule has 0 aromatic heterocycles. The van der Waals surface area contributed by atoms with Crippen molar-refractivity contribution in [1.82, 2.24) is 0 Å². The molecule has 0 amide bonds. The molecule has 0 aliphatic heterocycles. The van der Waals surface area contributed by atoms with E-state index in [2.05, 4.69) is 20.8 Å². The lowest BCUT2D eigenvalue weighted by atomic mass is 9.84. The zero-order valence-electron chi connectivity index (χ0n) is 9.10. The van der Waals surface area contributed by atoms with Crippen LogP contribution in [0.3, 0.4) is 0 Å². The molecule has 0 saturated carbocycles. The van der Waals surface area contributed by atoms with Crippen LogP contribution in [-0.2, 0) is 4.79 Å². The molecule has 0 spiro atoms. The Balaban J connectivity index is 3.30. The van der Waals surface area contributed by atoms with E-state index in [1.165, 1.54) is 12.8 Å². The molecule has 0 aliphatic carbocycles. The highest BCUT2D eigenvalue weighted by atomic mass is 16.4. The number of unbranched alkanes of at least 4 members (excludes halogenated alkanes) is 2. The maximum Gasteiger partial charge on any atom is 0.303 e. The lowest BCUT2D eigenvalue weighted by Gasteiger charge is -2.21. The summed E-state index contributed by atoms with van der Waals surface area (Å²) < 4.78 is 0. The van der Waals surface area contributed by atoms with Crippen LogP contribution in [0.1, 0.15) is 59.3 Å². The zero-order valence-corrected chi connectivity index (χ0v) is 9.10. The van der Waals surface area contributed by atoms with E-state index in [9.17, 15) is 4.79 Å². The summed E-state index contributed by atoms with van der Waals surface area (Å²) in [6, 6.07) is 0. The van der Waals surface area contributed by atoms with Crippen molar-refractivity contribution >= 4 is 5.97 Å². The summed E-state index contributed by atoms with van der Waals surface area (Å²) in [5.41, 5.74) is 0.434. The van der Waals surface area contributed by atoms with Gasteiger partial charge in [-0.1, -0.05) is 40.0 Å². The molecule has 0 fully saturated rings. The Morgan fingerprint density at radius 1 is 1.23 bits per heavy atom. The molecule has 0 unspecified atom stereocenters. The molecular formula is C11H22O2. The van der Waals surface area contributed by atoms with Gasteiger partial charge in [0.2, 0.25) is 0 Å². The van der Waals surface area contributed by atoms with Crippen molar-refractivity contribution in [1.29, 1.82) is 0 Å². The maximum atomic E-state index is 10.2. The maximum absolute atomic E-state index is 10.2. The van der Waals surface area contributed by atoms with Gasteiger partial charge in [-0.2, -0.15) is 0 Å². The number of aliphatic carboxylic acids is 1. The van der Waals surface area contributed by atoms with Gasteiger partial charge >= 0.3 is 5.97 Å². The molecule has 0 aromatic rings. The molecule has 0 saturated heterocycles. The van der Waals surface area contributed by atoms with Crippen molar-refractivity contribution in [3.05, 3.63) is 0 Å². The minimum absolute atomic E-state index is 0.326. The Morgan fingerprint density at radius 3 is 2.31 bits per heavy atom. The van der Waals surface area contributed by atoms with Gasteiger partial charge in [0.1, 0.15) is 0 Å². The van der Waals surface area contributed by atoms with E-state index in [0.717, 1.165) is 19.3 Å². The predicted octanol–water partition coefficient (Wildman–Crippen LogP) is 3.46. The predicted molar refractivity (Wildman–Crippen MR) is 54.8 cm³/mol. The van der Waals surface area contributed by atoms with Crippen LogP contribution in [0, 0.1) is 5.41 Å². The SMILES string of the molecule is CCC(C)(C)CCCCCC(=O)O. The van der Waals surface area contributed by atoms with Crippen LogP contribution >= 0.6 is 0 Å². The fraction of sp³-hybridized carbons (Fsp3) is 0.909. The lowest BCUT2D eigenvalue weighted by molar-refractivity contribution is -0.137. The molecule has 2 nitrogen and oxygen atoms in total. The van der Waals surface area contributed by atoms with E-state index in [0.29, 0.717) is 11.8 Å². The van der Waals surface area contributed by atoms with Crippen molar-refractivity contribution in [2.45, 2.75) is 59.3 Å². The van der Waals surface area contributed by atoms with Gasteiger partial charge in [0.15, 0.2) is 0 Å². The van der Waals surface area contributed by atoms with Crippen LogP contribution in [0.4, 0.5) is 0 Å². The first kappa shape index (κ1) is 12.5. The molecule has 1 N–H and O–H groups in total. The second-order valence-corrected chi connectivity index (χ2v) is 4.47. The summed E-state index contributed by atoms with van der Waals surface area (Å²) in [5.74, 6) is -0.672. The van der Waals surface area contributed by atoms with Crippen molar-refractivity contribution in [2.75, 3.05) is 0 Å². The molecule has 2 heteroatoms. The monoisotopic (exact) mass is 186 g/mol. The van der Waals surface area contributed by atoms with E-state index in [1.807, 2.05) is 0 Å². The van der Waals surface area contributed by atoms with Gasteiger partial charge in [0.05, 0.1) is 0 Å². The lowest BCUT2D eigenvalue weighted by Crippen LogP contribution is -2.08. The van der Waals surface area contributed by atoms with Crippen molar-refractivity contribution in [2.24, 2.45) is 5.41 Å². The highest BCUT2D eigenvalue weighted by Crippen LogP contribution is 2.27. The molecule has 0 atom stereocenters. The van der Waals surface area contributed by atoms with Gasteiger partial charge in [0.25, 0.3) is 0 Å². The Bertz CT molecular complexity index is 150. The zero-order chi connectivity index (χ0) is 10.3. The topological polar surface area (TPSA) is 37.3 Å². The Morgan fingerprint density at radius 2 is 1.85 bits per heavy atom. The van der Waals surface area contributed by atoms with Crippen molar-refractivity contribution in [3.63, 3.8) is 0 Å². The van der Waals surface area contributed by atoms with Gasteiger partial charge in [-0.05, 0) is 18.3 Å². The van der Waals surface area contributed by atoms with E-state index in [1.54, 1.807) is 0 Å². The third-order valence-electron chi connectivity index (χ3n) is 2.70. The van der Waals surface area contributed by atoms with Gasteiger partial charge in [-0.3, -0.25) is 4.79 Å². The number of carboxylic acid groups (broad SMARTS) is 1. The van der Waals surface area contributed by atoms with E-state index < -0.39 is 5.97 Å². The average Bonchev–Trinajstić information content (AvgIpc) is 2.03. The molecule has 0 bridgehead atoms. The number of hydrogen-bond acceptors (Lipinski definition) is 1. The van der Waals surface area contributed by atoms with E-state index in [4.69, 9.17) is 5.11 Å². The third kappa shape index (κ3) is 7.82. The molecule has 0 heterocycles. The number of carbonyl (C=O) groups is 1. The Kier molecular flexibility index (Phi) is 5.76. The van der Waals surface area contributed by atoms with Crippen LogP contribution in [0.25, 0.3) is 0 Å². The van der Waals surface area contributed by atoms with Crippen molar-refractivity contribution < 1.29 is 9.90 Å². The highest BCUT2D eigenvalue weighted by molar-refractivity contribution is 5.66. The van der Waals surface area contributed by atoms with Crippen LogP contribution < -0.4 is 0 Å². The Hall–Kier alpha value is -0.530. The quantitative estimate of drug-likeness (QED) is 0.618. The normalized spacial score (nSPS) is 11.6. The largest absolute Gasteiger partial charge is 0.481 e. The van der Waals surface area contributed by atoms with Crippen LogP contribution in [0.2, 0.25) is 0 Å². The molecule has 0 rings (SSSR count). The fourth-order valence-electron chi connectivity index (χ4n) is 1.23. The first-order chi connectivity index (χ1) is 5.98. The minimum atomic E-state index is -0.672. The number of hydrogen-bond donors (Lipinski definition) is 1. The van der Waals surface area contributed by atoms with Gasteiger partial charge in [-0.15, -0.1) is 0 Å². The number of carboxylic acids is 1. The number of rotatable bonds is 7. The van der Waals surface area contributed by atoms with Crippen LogP contribution in [0.15, 0.2) is 0 Å². The summed E-state index contributed by atoms with van der Waals surface area (Å²) >= 11 is 0. The van der Waals surface area contributed by atoms with E-state index in [-0.39, 0.29) is 0 Å². The first-order valence-corrected chi connectivity index (χ1v) is 5.20. The summed E-state index contributed by atoms with van der Waals surface area (Å²) in [5, 5.41) is 8.42. The van der Waals surface area contributed by atoms with Gasteiger partial charge < -0.3 is 5.11 Å². The summed E-state index contributed by atoms with van der Waals surface area (Å²) in [4.78, 5) is 10.2. The van der Waals surface area contributed by atoms with E-state index >= 15 is 0 Å². The highest BCUT2D eigenvalue weighted by Gasteiger charge is 2.13. The molecule has 78 valence electrons. The summed E-state index contributed by atoms with van der Waals surface area (Å²) in [7, 11) is 0. The molecule has 13 heavy (non-hydrogen) atoms. The average molecular weight is 186 g/mol. The molecule has 0 radical (unpaired) electrons. The second kappa shape index (κ2) is 6.01. The van der Waals surface area contributed by atoms with Gasteiger partial charge in [0, 0.05) is 6.42 Å². The standard InChI is InChI=1S/C11H22O2/c1-4-11(2,3)9-7-5-6-8-10(12)13/h4-9H2,1-3H3,(H,12,13). The Labute approximate surface area is 81.3 Å². The second-order valence-electron chi connectivity index (χ2n) is 4.47. The van der Waals surface area contributed by atoms with Crippen LogP contribution in [-0.4, -0.2) is 11.1 Å². The van der Waals surface area contributed by atoms with Gasteiger partial charge in [-0.25, -0.2) is 0 Å². The van der Waals surface area contributed by atoms with Crippen molar-refractivity contribution in [3.8, 4) is 0 Å². The van der Waals surface area contributed by atoms with Crippen LogP contribution in [0.5, 0.6) is 0 Å². The summed E-state index contributed by atoms with van der Waals surface area (Å²) in [6.07, 6.45) is 5.78. The smallest absolute Gasteiger partial charge is 0.303 e. The third-order valence-corrected chi connectivity index (χ3v) is 2.70. The summed E-state index contributed by atoms with van der Waals surface area (Å²) in [6.45, 7) is 6.74. The minimum Gasteiger partial charge on any atom is -0.481 e. The first-order valence-electron chi connectivity index (χ1n) is 5.20. The molecular weight excluding hydrogens is 164 g/mol. The molecule has 0 aliphatic rings. The fourth-order valence-corrected chi connectivity index (χ4v) is 1.23. The molecule has 0 aromatic carbocycles.